The Labute approximate surface area is 207 Å². The summed E-state index contributed by atoms with van der Waals surface area (Å²) >= 11 is 12.5. The lowest BCUT2D eigenvalue weighted by molar-refractivity contribution is 0.193. The molecule has 2 amide bonds. The lowest BCUT2D eigenvalue weighted by atomic mass is 9.92. The molecule has 4 aromatic rings. The zero-order valence-corrected chi connectivity index (χ0v) is 20.2. The van der Waals surface area contributed by atoms with Gasteiger partial charge in [-0.2, -0.15) is 0 Å². The molecule has 174 valence electrons. The normalized spacial score (nSPS) is 15.2. The van der Waals surface area contributed by atoms with Gasteiger partial charge < -0.3 is 24.7 Å². The van der Waals surface area contributed by atoms with Gasteiger partial charge in [0.2, 0.25) is 0 Å². The van der Waals surface area contributed by atoms with E-state index in [1.165, 1.54) is 5.56 Å². The molecule has 6 nitrogen and oxygen atoms in total. The van der Waals surface area contributed by atoms with Crippen LogP contribution in [0.3, 0.4) is 0 Å². The summed E-state index contributed by atoms with van der Waals surface area (Å²) in [6.45, 7) is 0.526. The Kier molecular flexibility index (Phi) is 6.02. The summed E-state index contributed by atoms with van der Waals surface area (Å²) in [5, 5.41) is 5.26. The summed E-state index contributed by atoms with van der Waals surface area (Å²) in [7, 11) is 3.19. The Morgan fingerprint density at radius 3 is 2.47 bits per heavy atom. The minimum absolute atomic E-state index is 0.247. The molecule has 0 saturated heterocycles. The number of H-pyrrole nitrogens is 1. The highest BCUT2D eigenvalue weighted by molar-refractivity contribution is 6.31. The van der Waals surface area contributed by atoms with Gasteiger partial charge in [0.15, 0.2) is 0 Å². The van der Waals surface area contributed by atoms with Gasteiger partial charge in [-0.15, -0.1) is 0 Å². The number of halogens is 2. The third-order valence-corrected chi connectivity index (χ3v) is 6.65. The van der Waals surface area contributed by atoms with Crippen molar-refractivity contribution in [2.75, 3.05) is 26.1 Å². The van der Waals surface area contributed by atoms with Crippen LogP contribution in [0.1, 0.15) is 22.9 Å². The number of fused-ring (bicyclic) bond motifs is 3. The molecule has 1 unspecified atom stereocenters. The number of benzene rings is 3. The maximum absolute atomic E-state index is 13.6. The maximum Gasteiger partial charge on any atom is 0.322 e. The monoisotopic (exact) mass is 495 g/mol. The van der Waals surface area contributed by atoms with Gasteiger partial charge in [0, 0.05) is 33.2 Å². The first kappa shape index (κ1) is 22.4. The molecule has 1 atom stereocenters. The standard InChI is InChI=1S/C26H23Cl2N3O3/c1-33-18-7-3-15(4-8-18)25-24-19(20-13-16(27)5-9-21(20)29-24)11-12-31(25)26(32)30-22-14-17(28)6-10-23(22)34-2/h3-10,13-14,25,29H,11-12H2,1-2H3,(H,30,32). The van der Waals surface area contributed by atoms with Gasteiger partial charge in [-0.25, -0.2) is 4.79 Å². The summed E-state index contributed by atoms with van der Waals surface area (Å²) in [6.07, 6.45) is 0.697. The first-order valence-electron chi connectivity index (χ1n) is 10.8. The van der Waals surface area contributed by atoms with E-state index in [-0.39, 0.29) is 12.1 Å². The molecule has 3 aromatic carbocycles. The fourth-order valence-electron chi connectivity index (χ4n) is 4.58. The van der Waals surface area contributed by atoms with Crippen LogP contribution in [0.15, 0.2) is 60.7 Å². The van der Waals surface area contributed by atoms with E-state index in [0.717, 1.165) is 27.9 Å². The number of aromatic nitrogens is 1. The molecular weight excluding hydrogens is 473 g/mol. The van der Waals surface area contributed by atoms with Crippen molar-refractivity contribution < 1.29 is 14.3 Å². The average molecular weight is 496 g/mol. The van der Waals surface area contributed by atoms with Gasteiger partial charge in [-0.3, -0.25) is 0 Å². The van der Waals surface area contributed by atoms with E-state index >= 15 is 0 Å². The summed E-state index contributed by atoms with van der Waals surface area (Å²) in [6, 6.07) is 18.1. The van der Waals surface area contributed by atoms with Gasteiger partial charge in [0.25, 0.3) is 0 Å². The number of methoxy groups -OCH3 is 2. The Bertz CT molecular complexity index is 1370. The minimum Gasteiger partial charge on any atom is -0.497 e. The third kappa shape index (κ3) is 4.04. The van der Waals surface area contributed by atoms with Gasteiger partial charge >= 0.3 is 6.03 Å². The molecule has 0 spiro atoms. The van der Waals surface area contributed by atoms with Gasteiger partial charge in [0.05, 0.1) is 25.9 Å². The maximum atomic E-state index is 13.6. The van der Waals surface area contributed by atoms with E-state index in [1.54, 1.807) is 32.4 Å². The summed E-state index contributed by atoms with van der Waals surface area (Å²) in [5.74, 6) is 1.29. The predicted molar refractivity (Wildman–Crippen MR) is 136 cm³/mol. The van der Waals surface area contributed by atoms with Crippen LogP contribution in [0.2, 0.25) is 10.0 Å². The van der Waals surface area contributed by atoms with Gasteiger partial charge in [-0.05, 0) is 66.1 Å². The molecule has 5 rings (SSSR count). The van der Waals surface area contributed by atoms with E-state index in [0.29, 0.717) is 34.4 Å². The van der Waals surface area contributed by atoms with Crippen molar-refractivity contribution in [2.45, 2.75) is 12.5 Å². The molecule has 2 heterocycles. The zero-order valence-electron chi connectivity index (χ0n) is 18.7. The highest BCUT2D eigenvalue weighted by Crippen LogP contribution is 2.40. The van der Waals surface area contributed by atoms with E-state index in [2.05, 4.69) is 10.3 Å². The number of hydrogen-bond acceptors (Lipinski definition) is 3. The van der Waals surface area contributed by atoms with E-state index in [4.69, 9.17) is 32.7 Å². The Hall–Kier alpha value is -3.35. The number of carbonyl (C=O) groups is 1. The number of anilines is 1. The number of amides is 2. The van der Waals surface area contributed by atoms with Crippen LogP contribution in [-0.2, 0) is 6.42 Å². The highest BCUT2D eigenvalue weighted by Gasteiger charge is 2.35. The Balaban J connectivity index is 1.58. The van der Waals surface area contributed by atoms with Crippen LogP contribution in [0.25, 0.3) is 10.9 Å². The van der Waals surface area contributed by atoms with Crippen molar-refractivity contribution in [3.8, 4) is 11.5 Å². The molecule has 0 aliphatic carbocycles. The number of nitrogens with one attached hydrogen (secondary N) is 2. The third-order valence-electron chi connectivity index (χ3n) is 6.18. The van der Waals surface area contributed by atoms with Crippen molar-refractivity contribution in [3.63, 3.8) is 0 Å². The van der Waals surface area contributed by atoms with E-state index in [9.17, 15) is 4.79 Å². The number of aromatic amines is 1. The van der Waals surface area contributed by atoms with Crippen molar-refractivity contribution in [2.24, 2.45) is 0 Å². The van der Waals surface area contributed by atoms with Crippen LogP contribution in [0.5, 0.6) is 11.5 Å². The second-order valence-corrected chi connectivity index (χ2v) is 8.97. The van der Waals surface area contributed by atoms with Crippen molar-refractivity contribution >= 4 is 45.8 Å². The van der Waals surface area contributed by atoms with Crippen molar-refractivity contribution in [1.82, 2.24) is 9.88 Å². The largest absolute Gasteiger partial charge is 0.497 e. The predicted octanol–water partition coefficient (Wildman–Crippen LogP) is 6.67. The van der Waals surface area contributed by atoms with Crippen molar-refractivity contribution in [3.05, 3.63) is 87.5 Å². The number of ether oxygens (including phenoxy) is 2. The van der Waals surface area contributed by atoms with Crippen LogP contribution in [0.4, 0.5) is 10.5 Å². The molecule has 1 aliphatic heterocycles. The van der Waals surface area contributed by atoms with Crippen molar-refractivity contribution in [1.29, 1.82) is 0 Å². The van der Waals surface area contributed by atoms with E-state index in [1.807, 2.05) is 47.4 Å². The van der Waals surface area contributed by atoms with Crippen LogP contribution < -0.4 is 14.8 Å². The van der Waals surface area contributed by atoms with Crippen LogP contribution >= 0.6 is 23.2 Å². The fraction of sp³-hybridized carbons (Fsp3) is 0.192. The molecular formula is C26H23Cl2N3O3. The molecule has 0 saturated carbocycles. The highest BCUT2D eigenvalue weighted by atomic mass is 35.5. The lowest BCUT2D eigenvalue weighted by Crippen LogP contribution is -2.43. The van der Waals surface area contributed by atoms with Gasteiger partial charge in [0.1, 0.15) is 11.5 Å². The van der Waals surface area contributed by atoms with Gasteiger partial charge in [-0.1, -0.05) is 35.3 Å². The SMILES string of the molecule is COc1ccc(C2c3[nH]c4ccc(Cl)cc4c3CCN2C(=O)Nc2cc(Cl)ccc2OC)cc1. The Morgan fingerprint density at radius 2 is 1.74 bits per heavy atom. The lowest BCUT2D eigenvalue weighted by Gasteiger charge is -2.36. The minimum atomic E-state index is -0.328. The van der Waals surface area contributed by atoms with Crippen LogP contribution in [-0.4, -0.2) is 36.7 Å². The quantitative estimate of drug-likeness (QED) is 0.332. The van der Waals surface area contributed by atoms with E-state index < -0.39 is 0 Å². The smallest absolute Gasteiger partial charge is 0.322 e. The zero-order chi connectivity index (χ0) is 23.8. The first-order chi connectivity index (χ1) is 16.5. The second kappa shape index (κ2) is 9.12. The summed E-state index contributed by atoms with van der Waals surface area (Å²) in [4.78, 5) is 19.0. The number of carbonyl (C=O) groups excluding carboxylic acids is 1. The number of rotatable bonds is 4. The molecule has 0 fully saturated rings. The molecule has 34 heavy (non-hydrogen) atoms. The molecule has 0 radical (unpaired) electrons. The topological polar surface area (TPSA) is 66.6 Å². The second-order valence-electron chi connectivity index (χ2n) is 8.10. The summed E-state index contributed by atoms with van der Waals surface area (Å²) in [5.41, 5.74) is 4.62. The first-order valence-corrected chi connectivity index (χ1v) is 11.6. The fourth-order valence-corrected chi connectivity index (χ4v) is 4.92. The Morgan fingerprint density at radius 1 is 1.00 bits per heavy atom. The number of hydrogen-bond donors (Lipinski definition) is 2. The molecule has 1 aromatic heterocycles. The van der Waals surface area contributed by atoms with Crippen LogP contribution in [0, 0.1) is 0 Å². The number of nitrogens with zero attached hydrogens (tertiary/aromatic N) is 1. The molecule has 0 bridgehead atoms. The average Bonchev–Trinajstić information content (AvgIpc) is 3.21. The molecule has 1 aliphatic rings. The summed E-state index contributed by atoms with van der Waals surface area (Å²) < 4.78 is 10.7. The molecule has 8 heteroatoms. The number of urea groups is 1. The molecule has 2 N–H and O–H groups in total.